The Bertz CT molecular complexity index is 452. The number of rotatable bonds is 5. The van der Waals surface area contributed by atoms with Gasteiger partial charge < -0.3 is 0 Å². The third-order valence-electron chi connectivity index (χ3n) is 2.29. The van der Waals surface area contributed by atoms with Gasteiger partial charge in [-0.25, -0.2) is 0 Å². The molecule has 0 spiro atoms. The summed E-state index contributed by atoms with van der Waals surface area (Å²) in [5.41, 5.74) is 2.47. The van der Waals surface area contributed by atoms with Crippen molar-refractivity contribution in [3.63, 3.8) is 0 Å². The van der Waals surface area contributed by atoms with Crippen molar-refractivity contribution in [2.75, 3.05) is 0 Å². The predicted octanol–water partition coefficient (Wildman–Crippen LogP) is 5.71. The Hall–Kier alpha value is -1.38. The van der Waals surface area contributed by atoms with Gasteiger partial charge in [0, 0.05) is 0 Å². The minimum absolute atomic E-state index is 1.23. The molecule has 18 heavy (non-hydrogen) atoms. The maximum atomic E-state index is 2.12. The quantitative estimate of drug-likeness (QED) is 0.504. The fourth-order valence-corrected chi connectivity index (χ4v) is 2.68. The predicted molar refractivity (Wildman–Crippen MR) is 86.1 cm³/mol. The molecule has 90 valence electrons. The maximum Gasteiger partial charge on any atom is -0.0172 e. The lowest BCUT2D eigenvalue weighted by Crippen LogP contribution is -1.66. The van der Waals surface area contributed by atoms with Crippen LogP contribution in [0.3, 0.4) is 0 Å². The first-order chi connectivity index (χ1) is 8.95. The lowest BCUT2D eigenvalue weighted by Gasteiger charge is -1.92. The highest BCUT2D eigenvalue weighted by atomic mass is 33.1. The van der Waals surface area contributed by atoms with Gasteiger partial charge >= 0.3 is 0 Å². The highest BCUT2D eigenvalue weighted by molar-refractivity contribution is 8.79. The first kappa shape index (κ1) is 13.1. The Morgan fingerprint density at radius 1 is 0.556 bits per heavy atom. The Labute approximate surface area is 116 Å². The van der Waals surface area contributed by atoms with E-state index in [0.717, 1.165) is 0 Å². The van der Waals surface area contributed by atoms with Crippen molar-refractivity contribution in [1.29, 1.82) is 0 Å². The van der Waals surface area contributed by atoms with Crippen LogP contribution in [0.25, 0.3) is 12.2 Å². The fourth-order valence-electron chi connectivity index (χ4n) is 1.41. The number of benzene rings is 2. The average molecular weight is 270 g/mol. The van der Waals surface area contributed by atoms with E-state index < -0.39 is 0 Å². The molecule has 0 atom stereocenters. The molecule has 2 rings (SSSR count). The average Bonchev–Trinajstić information content (AvgIpc) is 2.45. The van der Waals surface area contributed by atoms with Crippen molar-refractivity contribution in [2.24, 2.45) is 0 Å². The summed E-state index contributed by atoms with van der Waals surface area (Å²) in [6.07, 6.45) is 4.24. The van der Waals surface area contributed by atoms with Crippen LogP contribution >= 0.6 is 21.6 Å². The Balaban J connectivity index is 1.73. The van der Waals surface area contributed by atoms with Crippen LogP contribution in [0.4, 0.5) is 0 Å². The van der Waals surface area contributed by atoms with Crippen LogP contribution in [0.1, 0.15) is 11.1 Å². The molecule has 0 heterocycles. The molecule has 0 amide bonds. The molecule has 0 saturated carbocycles. The van der Waals surface area contributed by atoms with Gasteiger partial charge in [0.2, 0.25) is 0 Å². The van der Waals surface area contributed by atoms with E-state index in [-0.39, 0.29) is 0 Å². The van der Waals surface area contributed by atoms with Gasteiger partial charge in [-0.1, -0.05) is 82.3 Å². The molecule has 0 nitrogen and oxygen atoms in total. The second-order valence-corrected chi connectivity index (χ2v) is 5.70. The van der Waals surface area contributed by atoms with Gasteiger partial charge in [-0.3, -0.25) is 0 Å². The molecule has 0 aliphatic rings. The normalized spacial score (nSPS) is 11.3. The molecule has 0 N–H and O–H groups in total. The minimum atomic E-state index is 1.23. The Morgan fingerprint density at radius 2 is 0.944 bits per heavy atom. The lowest BCUT2D eigenvalue weighted by molar-refractivity contribution is 1.67. The molecular weight excluding hydrogens is 256 g/mol. The molecule has 2 aromatic carbocycles. The topological polar surface area (TPSA) is 0 Å². The first-order valence-corrected chi connectivity index (χ1v) is 7.98. The van der Waals surface area contributed by atoms with Crippen LogP contribution in [0, 0.1) is 0 Å². The van der Waals surface area contributed by atoms with Crippen molar-refractivity contribution in [3.8, 4) is 0 Å². The van der Waals surface area contributed by atoms with Crippen molar-refractivity contribution >= 4 is 33.7 Å². The van der Waals surface area contributed by atoms with E-state index in [2.05, 4.69) is 47.2 Å². The summed E-state index contributed by atoms with van der Waals surface area (Å²) < 4.78 is 0. The van der Waals surface area contributed by atoms with Crippen molar-refractivity contribution < 1.29 is 0 Å². The van der Waals surface area contributed by atoms with Gasteiger partial charge in [0.05, 0.1) is 0 Å². The van der Waals surface area contributed by atoms with E-state index in [1.165, 1.54) is 11.1 Å². The van der Waals surface area contributed by atoms with E-state index in [1.54, 1.807) is 21.6 Å². The first-order valence-electron chi connectivity index (χ1n) is 5.70. The molecule has 0 unspecified atom stereocenters. The molecule has 0 saturated heterocycles. The highest BCUT2D eigenvalue weighted by Crippen LogP contribution is 2.25. The van der Waals surface area contributed by atoms with Crippen molar-refractivity contribution in [1.82, 2.24) is 0 Å². The minimum Gasteiger partial charge on any atom is -0.0622 e. The number of hydrogen-bond donors (Lipinski definition) is 0. The van der Waals surface area contributed by atoms with E-state index in [9.17, 15) is 0 Å². The summed E-state index contributed by atoms with van der Waals surface area (Å²) in [6.45, 7) is 0. The third-order valence-corrected chi connectivity index (χ3v) is 3.89. The molecule has 0 aliphatic heterocycles. The van der Waals surface area contributed by atoms with Crippen LogP contribution in [0.2, 0.25) is 0 Å². The van der Waals surface area contributed by atoms with Crippen molar-refractivity contribution in [2.45, 2.75) is 0 Å². The molecule has 0 radical (unpaired) electrons. The molecule has 0 bridgehead atoms. The summed E-state index contributed by atoms with van der Waals surface area (Å²) in [5.74, 6) is 0. The lowest BCUT2D eigenvalue weighted by atomic mass is 10.2. The van der Waals surface area contributed by atoms with Crippen LogP contribution in [0.15, 0.2) is 71.5 Å². The summed E-state index contributed by atoms with van der Waals surface area (Å²) in [7, 11) is 3.43. The summed E-state index contributed by atoms with van der Waals surface area (Å²) in [4.78, 5) is 0. The van der Waals surface area contributed by atoms with E-state index in [1.807, 2.05) is 36.4 Å². The van der Waals surface area contributed by atoms with Gasteiger partial charge in [0.1, 0.15) is 0 Å². The smallest absolute Gasteiger partial charge is 0.0172 e. The molecule has 2 heteroatoms. The zero-order valence-electron chi connectivity index (χ0n) is 9.90. The zero-order valence-corrected chi connectivity index (χ0v) is 11.5. The van der Waals surface area contributed by atoms with Gasteiger partial charge in [-0.15, -0.1) is 0 Å². The molecule has 0 aromatic heterocycles. The number of hydrogen-bond acceptors (Lipinski definition) is 2. The van der Waals surface area contributed by atoms with Crippen LogP contribution < -0.4 is 0 Å². The van der Waals surface area contributed by atoms with Crippen LogP contribution in [-0.2, 0) is 0 Å². The third kappa shape index (κ3) is 4.86. The highest BCUT2D eigenvalue weighted by Gasteiger charge is 1.84. The second kappa shape index (κ2) is 7.85. The van der Waals surface area contributed by atoms with Crippen molar-refractivity contribution in [3.05, 3.63) is 82.6 Å². The maximum absolute atomic E-state index is 2.12. The standard InChI is InChI=1S/C16H14S2/c1-3-7-15(8-4-1)11-13-17-18-14-12-16-9-5-2-6-10-16/h1-14H/b13-11+,14-12?. The zero-order chi connectivity index (χ0) is 12.5. The monoisotopic (exact) mass is 270 g/mol. The fraction of sp³-hybridized carbons (Fsp3) is 0. The SMILES string of the molecule is C(=Cc1ccccc1)SS/C=C/c1ccccc1. The summed E-state index contributed by atoms with van der Waals surface area (Å²) in [6, 6.07) is 20.6. The van der Waals surface area contributed by atoms with E-state index in [4.69, 9.17) is 0 Å². The van der Waals surface area contributed by atoms with Gasteiger partial charge in [0.25, 0.3) is 0 Å². The second-order valence-electron chi connectivity index (χ2n) is 3.62. The van der Waals surface area contributed by atoms with Gasteiger partial charge in [-0.05, 0) is 34.1 Å². The van der Waals surface area contributed by atoms with E-state index in [0.29, 0.717) is 0 Å². The summed E-state index contributed by atoms with van der Waals surface area (Å²) in [5, 5.41) is 4.21. The summed E-state index contributed by atoms with van der Waals surface area (Å²) >= 11 is 0. The largest absolute Gasteiger partial charge is 0.0622 e. The van der Waals surface area contributed by atoms with Gasteiger partial charge in [0.15, 0.2) is 0 Å². The molecule has 0 aliphatic carbocycles. The molecular formula is C16H14S2. The molecule has 2 aromatic rings. The van der Waals surface area contributed by atoms with Crippen LogP contribution in [-0.4, -0.2) is 0 Å². The van der Waals surface area contributed by atoms with Crippen LogP contribution in [0.5, 0.6) is 0 Å². The Morgan fingerprint density at radius 3 is 1.33 bits per heavy atom. The molecule has 0 fully saturated rings. The Kier molecular flexibility index (Phi) is 5.70. The van der Waals surface area contributed by atoms with Gasteiger partial charge in [-0.2, -0.15) is 0 Å². The van der Waals surface area contributed by atoms with E-state index >= 15 is 0 Å².